The maximum absolute atomic E-state index is 13.4. The number of hydrogen-bond acceptors (Lipinski definition) is 2. The maximum Gasteiger partial charge on any atom is 0.182 e. The zero-order chi connectivity index (χ0) is 18.3. The van der Waals surface area contributed by atoms with Gasteiger partial charge in [-0.2, -0.15) is 0 Å². The van der Waals surface area contributed by atoms with Crippen molar-refractivity contribution >= 4 is 43.5 Å². The van der Waals surface area contributed by atoms with Gasteiger partial charge >= 0.3 is 0 Å². The second kappa shape index (κ2) is 7.15. The second-order valence-electron chi connectivity index (χ2n) is 5.35. The summed E-state index contributed by atoms with van der Waals surface area (Å²) in [6.45, 7) is 1.73. The summed E-state index contributed by atoms with van der Waals surface area (Å²) in [7, 11) is 0. The SMILES string of the molecule is Cc1nc(Br)n(-c2ccc(F)cc2Br)c1C(O)c1ccc(F)cc1Cl. The highest BCUT2D eigenvalue weighted by atomic mass is 79.9. The Morgan fingerprint density at radius 3 is 2.40 bits per heavy atom. The number of hydrogen-bond donors (Lipinski definition) is 1. The van der Waals surface area contributed by atoms with Crippen LogP contribution in [0.15, 0.2) is 45.6 Å². The Morgan fingerprint density at radius 1 is 1.12 bits per heavy atom. The molecule has 1 heterocycles. The molecule has 2 aromatic carbocycles. The summed E-state index contributed by atoms with van der Waals surface area (Å²) in [5.74, 6) is -0.888. The first-order chi connectivity index (χ1) is 11.8. The first-order valence-electron chi connectivity index (χ1n) is 7.12. The number of aromatic nitrogens is 2. The topological polar surface area (TPSA) is 38.0 Å². The molecule has 0 spiro atoms. The summed E-state index contributed by atoms with van der Waals surface area (Å²) >= 11 is 12.8. The number of aliphatic hydroxyl groups excluding tert-OH is 1. The zero-order valence-electron chi connectivity index (χ0n) is 12.8. The Morgan fingerprint density at radius 2 is 1.76 bits per heavy atom. The standard InChI is InChI=1S/C17H11Br2ClF2N2O/c1-8-15(16(25)11-4-2-10(22)7-13(11)20)24(17(19)23-8)14-5-3-9(21)6-12(14)18/h2-7,16,25H,1H3. The van der Waals surface area contributed by atoms with Gasteiger partial charge in [-0.1, -0.05) is 17.7 Å². The molecule has 0 aliphatic carbocycles. The van der Waals surface area contributed by atoms with Crippen molar-refractivity contribution in [3.8, 4) is 5.69 Å². The Kier molecular flexibility index (Phi) is 5.29. The minimum Gasteiger partial charge on any atom is -0.382 e. The van der Waals surface area contributed by atoms with Gasteiger partial charge in [0.05, 0.1) is 17.1 Å². The van der Waals surface area contributed by atoms with Crippen LogP contribution in [0.3, 0.4) is 0 Å². The molecule has 25 heavy (non-hydrogen) atoms. The fourth-order valence-electron chi connectivity index (χ4n) is 2.59. The second-order valence-corrected chi connectivity index (χ2v) is 7.32. The normalized spacial score (nSPS) is 12.4. The largest absolute Gasteiger partial charge is 0.382 e. The van der Waals surface area contributed by atoms with Crippen LogP contribution < -0.4 is 0 Å². The smallest absolute Gasteiger partial charge is 0.182 e. The number of aryl methyl sites for hydroxylation is 1. The molecular weight excluding hydrogens is 481 g/mol. The average molecular weight is 493 g/mol. The van der Waals surface area contributed by atoms with Crippen molar-refractivity contribution in [2.45, 2.75) is 13.0 Å². The summed E-state index contributed by atoms with van der Waals surface area (Å²) in [6, 6.07) is 7.98. The van der Waals surface area contributed by atoms with Gasteiger partial charge in [0.2, 0.25) is 0 Å². The van der Waals surface area contributed by atoms with Gasteiger partial charge in [0.15, 0.2) is 4.73 Å². The van der Waals surface area contributed by atoms with Crippen molar-refractivity contribution in [3.63, 3.8) is 0 Å². The van der Waals surface area contributed by atoms with Crippen LogP contribution in [0.2, 0.25) is 5.02 Å². The predicted octanol–water partition coefficient (Wildman–Crippen LogP) is 5.72. The predicted molar refractivity (Wildman–Crippen MR) is 99.1 cm³/mol. The summed E-state index contributed by atoms with van der Waals surface area (Å²) in [5.41, 5.74) is 1.92. The van der Waals surface area contributed by atoms with Crippen molar-refractivity contribution in [1.29, 1.82) is 0 Å². The lowest BCUT2D eigenvalue weighted by atomic mass is 10.0. The number of imidazole rings is 1. The van der Waals surface area contributed by atoms with Crippen molar-refractivity contribution in [3.05, 3.63) is 79.2 Å². The van der Waals surface area contributed by atoms with Crippen LogP contribution in [0.25, 0.3) is 5.69 Å². The molecule has 3 nitrogen and oxygen atoms in total. The van der Waals surface area contributed by atoms with E-state index < -0.39 is 17.7 Å². The molecule has 0 saturated carbocycles. The van der Waals surface area contributed by atoms with Crippen LogP contribution in [-0.2, 0) is 0 Å². The Bertz CT molecular complexity index is 962. The fourth-order valence-corrected chi connectivity index (χ4v) is 4.04. The van der Waals surface area contributed by atoms with Crippen molar-refractivity contribution in [2.75, 3.05) is 0 Å². The van der Waals surface area contributed by atoms with Crippen LogP contribution >= 0.6 is 43.5 Å². The van der Waals surface area contributed by atoms with Crippen molar-refractivity contribution in [2.24, 2.45) is 0 Å². The van der Waals surface area contributed by atoms with E-state index in [1.807, 2.05) is 0 Å². The zero-order valence-corrected chi connectivity index (χ0v) is 16.7. The molecule has 130 valence electrons. The van der Waals surface area contributed by atoms with E-state index in [-0.39, 0.29) is 5.02 Å². The number of halogens is 5. The van der Waals surface area contributed by atoms with E-state index in [4.69, 9.17) is 11.6 Å². The van der Waals surface area contributed by atoms with E-state index in [1.54, 1.807) is 17.6 Å². The highest BCUT2D eigenvalue weighted by Crippen LogP contribution is 2.36. The quantitative estimate of drug-likeness (QED) is 0.508. The van der Waals surface area contributed by atoms with Crippen LogP contribution in [0, 0.1) is 18.6 Å². The summed E-state index contributed by atoms with van der Waals surface area (Å²) in [5, 5.41) is 11.0. The summed E-state index contributed by atoms with van der Waals surface area (Å²) in [6.07, 6.45) is -1.15. The molecule has 0 radical (unpaired) electrons. The number of rotatable bonds is 3. The number of benzene rings is 2. The number of aliphatic hydroxyl groups is 1. The molecule has 1 aromatic heterocycles. The third-order valence-corrected chi connectivity index (χ3v) is 5.22. The molecule has 0 aliphatic rings. The van der Waals surface area contributed by atoms with Crippen LogP contribution in [0.1, 0.15) is 23.1 Å². The third-order valence-electron chi connectivity index (χ3n) is 3.72. The van der Waals surface area contributed by atoms with Gasteiger partial charge in [0.1, 0.15) is 17.7 Å². The average Bonchev–Trinajstić information content (AvgIpc) is 2.81. The van der Waals surface area contributed by atoms with E-state index in [2.05, 4.69) is 36.8 Å². The highest BCUT2D eigenvalue weighted by Gasteiger charge is 2.25. The molecule has 1 atom stereocenters. The van der Waals surface area contributed by atoms with Gasteiger partial charge in [-0.05, 0) is 69.1 Å². The van der Waals surface area contributed by atoms with Gasteiger partial charge in [-0.15, -0.1) is 0 Å². The molecule has 0 fully saturated rings. The van der Waals surface area contributed by atoms with E-state index in [1.165, 1.54) is 24.3 Å². The van der Waals surface area contributed by atoms with E-state index in [0.29, 0.717) is 31.8 Å². The molecule has 8 heteroatoms. The van der Waals surface area contributed by atoms with Gasteiger partial charge in [0.25, 0.3) is 0 Å². The first-order valence-corrected chi connectivity index (χ1v) is 9.09. The van der Waals surface area contributed by atoms with E-state index >= 15 is 0 Å². The molecule has 1 N–H and O–H groups in total. The monoisotopic (exact) mass is 490 g/mol. The molecule has 0 bridgehead atoms. The highest BCUT2D eigenvalue weighted by molar-refractivity contribution is 9.10. The molecular formula is C17H11Br2ClF2N2O. The molecule has 3 aromatic rings. The van der Waals surface area contributed by atoms with E-state index in [9.17, 15) is 13.9 Å². The fraction of sp³-hybridized carbons (Fsp3) is 0.118. The first kappa shape index (κ1) is 18.5. The number of nitrogens with zero attached hydrogens (tertiary/aromatic N) is 2. The summed E-state index contributed by atoms with van der Waals surface area (Å²) in [4.78, 5) is 4.33. The molecule has 0 aliphatic heterocycles. The minimum absolute atomic E-state index is 0.106. The maximum atomic E-state index is 13.4. The lowest BCUT2D eigenvalue weighted by molar-refractivity contribution is 0.212. The van der Waals surface area contributed by atoms with Gasteiger partial charge in [-0.25, -0.2) is 13.8 Å². The Hall–Kier alpha value is -1.28. The minimum atomic E-state index is -1.15. The van der Waals surface area contributed by atoms with Crippen LogP contribution in [0.4, 0.5) is 8.78 Å². The van der Waals surface area contributed by atoms with Crippen LogP contribution in [0.5, 0.6) is 0 Å². The van der Waals surface area contributed by atoms with Gasteiger partial charge in [0, 0.05) is 15.1 Å². The summed E-state index contributed by atoms with van der Waals surface area (Å²) < 4.78 is 29.3. The van der Waals surface area contributed by atoms with Gasteiger partial charge in [-0.3, -0.25) is 4.57 Å². The lowest BCUT2D eigenvalue weighted by Crippen LogP contribution is -2.10. The Labute approximate surface area is 164 Å². The lowest BCUT2D eigenvalue weighted by Gasteiger charge is -2.18. The van der Waals surface area contributed by atoms with Crippen molar-refractivity contribution in [1.82, 2.24) is 9.55 Å². The molecule has 3 rings (SSSR count). The van der Waals surface area contributed by atoms with E-state index in [0.717, 1.165) is 6.07 Å². The molecule has 1 unspecified atom stereocenters. The molecule has 0 saturated heterocycles. The third kappa shape index (κ3) is 3.51. The van der Waals surface area contributed by atoms with Gasteiger partial charge < -0.3 is 5.11 Å². The Balaban J connectivity index is 2.20. The molecule has 0 amide bonds. The van der Waals surface area contributed by atoms with Crippen LogP contribution in [-0.4, -0.2) is 14.7 Å². The van der Waals surface area contributed by atoms with Crippen molar-refractivity contribution < 1.29 is 13.9 Å².